The molecule has 5 heteroatoms. The minimum absolute atomic E-state index is 0.523. The standard InChI is InChI=1S/C23H25N5/c1-15-26-21-13-25-23-20(9-10-24-23)22(21)28(15)19-11-17-7-8-18(12-19)27(17)14-16-5-3-2-4-6-16/h2-6,9-10,13,17-19H,7-8,11-12,14H2,1H3,(H,24,25)/t17-,18+,19-. The summed E-state index contributed by atoms with van der Waals surface area (Å²) in [6, 6.07) is 14.9. The molecule has 2 fully saturated rings. The van der Waals surface area contributed by atoms with Gasteiger partial charge in [-0.05, 0) is 44.2 Å². The van der Waals surface area contributed by atoms with Crippen molar-refractivity contribution in [2.75, 3.05) is 0 Å². The largest absolute Gasteiger partial charge is 0.346 e. The van der Waals surface area contributed by atoms with Gasteiger partial charge in [-0.25, -0.2) is 9.97 Å². The highest BCUT2D eigenvalue weighted by Gasteiger charge is 2.41. The number of imidazole rings is 1. The van der Waals surface area contributed by atoms with Crippen LogP contribution in [0.5, 0.6) is 0 Å². The highest BCUT2D eigenvalue weighted by atomic mass is 15.2. The molecule has 5 heterocycles. The van der Waals surface area contributed by atoms with E-state index in [0.29, 0.717) is 18.1 Å². The fourth-order valence-electron chi connectivity index (χ4n) is 5.66. The van der Waals surface area contributed by atoms with Crippen LogP contribution in [-0.4, -0.2) is 36.5 Å². The van der Waals surface area contributed by atoms with Crippen LogP contribution >= 0.6 is 0 Å². The fraction of sp³-hybridized carbons (Fsp3) is 0.391. The van der Waals surface area contributed by atoms with Crippen molar-refractivity contribution in [2.24, 2.45) is 0 Å². The maximum atomic E-state index is 4.85. The smallest absolute Gasteiger partial charge is 0.139 e. The quantitative estimate of drug-likeness (QED) is 0.573. The van der Waals surface area contributed by atoms with Crippen LogP contribution in [0.4, 0.5) is 0 Å². The topological polar surface area (TPSA) is 49.7 Å². The molecular formula is C23H25N5. The zero-order chi connectivity index (χ0) is 18.7. The van der Waals surface area contributed by atoms with Crippen LogP contribution in [0.25, 0.3) is 22.1 Å². The monoisotopic (exact) mass is 371 g/mol. The third-order valence-electron chi connectivity index (χ3n) is 6.84. The Hall–Kier alpha value is -2.66. The maximum absolute atomic E-state index is 4.85. The van der Waals surface area contributed by atoms with Gasteiger partial charge < -0.3 is 9.55 Å². The first-order valence-electron chi connectivity index (χ1n) is 10.4. The molecule has 0 unspecified atom stereocenters. The number of aromatic nitrogens is 4. The Balaban J connectivity index is 1.36. The predicted molar refractivity (Wildman–Crippen MR) is 111 cm³/mol. The van der Waals surface area contributed by atoms with Gasteiger partial charge in [0.1, 0.15) is 17.0 Å². The predicted octanol–water partition coefficient (Wildman–Crippen LogP) is 4.59. The highest BCUT2D eigenvalue weighted by Crippen LogP contribution is 2.43. The lowest BCUT2D eigenvalue weighted by atomic mass is 9.96. The third-order valence-corrected chi connectivity index (χ3v) is 6.84. The Labute approximate surface area is 164 Å². The van der Waals surface area contributed by atoms with Crippen LogP contribution in [0.3, 0.4) is 0 Å². The van der Waals surface area contributed by atoms with Gasteiger partial charge in [0.15, 0.2) is 0 Å². The van der Waals surface area contributed by atoms with Crippen molar-refractivity contribution in [3.8, 4) is 0 Å². The second kappa shape index (κ2) is 6.17. The van der Waals surface area contributed by atoms with Crippen molar-refractivity contribution in [3.05, 3.63) is 60.2 Å². The SMILES string of the molecule is Cc1nc2cnc3[nH]ccc3c2n1[C@@H]1C[C@H]2CC[C@@H](C1)N2Cc1ccccc1. The maximum Gasteiger partial charge on any atom is 0.139 e. The number of rotatable bonds is 3. The number of hydrogen-bond acceptors (Lipinski definition) is 3. The summed E-state index contributed by atoms with van der Waals surface area (Å²) in [4.78, 5) is 15.4. The van der Waals surface area contributed by atoms with Gasteiger partial charge in [-0.15, -0.1) is 0 Å². The molecule has 1 aromatic carbocycles. The molecule has 6 rings (SSSR count). The number of nitrogens with one attached hydrogen (secondary N) is 1. The Morgan fingerprint density at radius 1 is 1.04 bits per heavy atom. The van der Waals surface area contributed by atoms with Crippen LogP contribution in [0, 0.1) is 6.92 Å². The zero-order valence-corrected chi connectivity index (χ0v) is 16.2. The Morgan fingerprint density at radius 2 is 1.82 bits per heavy atom. The molecule has 2 aliphatic rings. The number of aryl methyl sites for hydroxylation is 1. The third kappa shape index (κ3) is 2.42. The van der Waals surface area contributed by atoms with E-state index < -0.39 is 0 Å². The van der Waals surface area contributed by atoms with Gasteiger partial charge in [0, 0.05) is 36.3 Å². The van der Waals surface area contributed by atoms with Crippen molar-refractivity contribution >= 4 is 22.1 Å². The van der Waals surface area contributed by atoms with E-state index in [9.17, 15) is 0 Å². The van der Waals surface area contributed by atoms with Gasteiger partial charge in [-0.2, -0.15) is 0 Å². The summed E-state index contributed by atoms with van der Waals surface area (Å²) in [7, 11) is 0. The summed E-state index contributed by atoms with van der Waals surface area (Å²) < 4.78 is 2.51. The number of H-pyrrole nitrogens is 1. The van der Waals surface area contributed by atoms with Crippen LogP contribution < -0.4 is 0 Å². The Bertz CT molecular complexity index is 1130. The average Bonchev–Trinajstić information content (AvgIpc) is 3.36. The van der Waals surface area contributed by atoms with Crippen LogP contribution in [-0.2, 0) is 6.54 Å². The second-order valence-corrected chi connectivity index (χ2v) is 8.43. The average molecular weight is 371 g/mol. The molecule has 4 aromatic rings. The molecule has 2 aliphatic heterocycles. The Kier molecular flexibility index (Phi) is 3.60. The summed E-state index contributed by atoms with van der Waals surface area (Å²) in [5.74, 6) is 1.12. The van der Waals surface area contributed by atoms with Gasteiger partial charge in [0.05, 0.1) is 11.7 Å². The summed E-state index contributed by atoms with van der Waals surface area (Å²) in [5.41, 5.74) is 4.66. The molecule has 2 bridgehead atoms. The first-order valence-corrected chi connectivity index (χ1v) is 10.4. The number of nitrogens with zero attached hydrogens (tertiary/aromatic N) is 4. The fourth-order valence-corrected chi connectivity index (χ4v) is 5.66. The van der Waals surface area contributed by atoms with Gasteiger partial charge >= 0.3 is 0 Å². The molecule has 142 valence electrons. The summed E-state index contributed by atoms with van der Waals surface area (Å²) in [6.07, 6.45) is 8.96. The van der Waals surface area contributed by atoms with Crippen molar-refractivity contribution in [2.45, 2.75) is 57.3 Å². The lowest BCUT2D eigenvalue weighted by Gasteiger charge is -2.40. The van der Waals surface area contributed by atoms with E-state index in [1.54, 1.807) is 0 Å². The number of hydrogen-bond donors (Lipinski definition) is 1. The minimum Gasteiger partial charge on any atom is -0.346 e. The number of fused-ring (bicyclic) bond motifs is 5. The number of pyridine rings is 1. The number of aromatic amines is 1. The van der Waals surface area contributed by atoms with E-state index in [0.717, 1.165) is 23.5 Å². The summed E-state index contributed by atoms with van der Waals surface area (Å²) in [6.45, 7) is 3.23. The van der Waals surface area contributed by atoms with Gasteiger partial charge in [0.25, 0.3) is 0 Å². The molecule has 3 aromatic heterocycles. The molecule has 0 aliphatic carbocycles. The van der Waals surface area contributed by atoms with E-state index in [1.165, 1.54) is 42.1 Å². The van der Waals surface area contributed by atoms with E-state index >= 15 is 0 Å². The summed E-state index contributed by atoms with van der Waals surface area (Å²) >= 11 is 0. The molecular weight excluding hydrogens is 346 g/mol. The first-order chi connectivity index (χ1) is 13.8. The molecule has 5 nitrogen and oxygen atoms in total. The van der Waals surface area contributed by atoms with Crippen molar-refractivity contribution in [1.29, 1.82) is 0 Å². The molecule has 1 N–H and O–H groups in total. The normalized spacial score (nSPS) is 25.1. The van der Waals surface area contributed by atoms with Crippen molar-refractivity contribution in [1.82, 2.24) is 24.4 Å². The van der Waals surface area contributed by atoms with Crippen LogP contribution in [0.15, 0.2) is 48.8 Å². The molecule has 0 saturated carbocycles. The molecule has 3 atom stereocenters. The molecule has 28 heavy (non-hydrogen) atoms. The zero-order valence-electron chi connectivity index (χ0n) is 16.2. The lowest BCUT2D eigenvalue weighted by Crippen LogP contribution is -2.43. The van der Waals surface area contributed by atoms with E-state index in [2.05, 4.69) is 62.8 Å². The van der Waals surface area contributed by atoms with E-state index in [1.807, 2.05) is 12.4 Å². The van der Waals surface area contributed by atoms with Crippen LogP contribution in [0.1, 0.15) is 43.1 Å². The van der Waals surface area contributed by atoms with Gasteiger partial charge in [-0.3, -0.25) is 4.90 Å². The molecule has 0 amide bonds. The van der Waals surface area contributed by atoms with E-state index in [-0.39, 0.29) is 0 Å². The highest BCUT2D eigenvalue weighted by molar-refractivity contribution is 6.01. The van der Waals surface area contributed by atoms with E-state index in [4.69, 9.17) is 4.98 Å². The minimum atomic E-state index is 0.523. The van der Waals surface area contributed by atoms with Gasteiger partial charge in [0.2, 0.25) is 0 Å². The molecule has 2 saturated heterocycles. The Morgan fingerprint density at radius 3 is 2.61 bits per heavy atom. The van der Waals surface area contributed by atoms with Gasteiger partial charge in [-0.1, -0.05) is 30.3 Å². The number of benzene rings is 1. The van der Waals surface area contributed by atoms with Crippen molar-refractivity contribution < 1.29 is 0 Å². The first kappa shape index (κ1) is 16.3. The van der Waals surface area contributed by atoms with Crippen LogP contribution in [0.2, 0.25) is 0 Å². The molecule has 0 spiro atoms. The number of piperidine rings is 1. The lowest BCUT2D eigenvalue weighted by molar-refractivity contribution is 0.1000. The van der Waals surface area contributed by atoms with Crippen molar-refractivity contribution in [3.63, 3.8) is 0 Å². The second-order valence-electron chi connectivity index (χ2n) is 8.43. The summed E-state index contributed by atoms with van der Waals surface area (Å²) in [5, 5.41) is 1.19. The molecule has 0 radical (unpaired) electrons.